The van der Waals surface area contributed by atoms with E-state index >= 15 is 0 Å². The van der Waals surface area contributed by atoms with E-state index in [1.807, 2.05) is 38.1 Å². The largest absolute Gasteiger partial charge is 0.440 e. The Balaban J connectivity index is 1.56. The van der Waals surface area contributed by atoms with Crippen LogP contribution in [0.1, 0.15) is 38.5 Å². The maximum absolute atomic E-state index is 12.2. The predicted molar refractivity (Wildman–Crippen MR) is 94.2 cm³/mol. The van der Waals surface area contributed by atoms with Crippen molar-refractivity contribution < 1.29 is 14.0 Å². The lowest BCUT2D eigenvalue weighted by Crippen LogP contribution is -2.51. The van der Waals surface area contributed by atoms with Gasteiger partial charge in [0.15, 0.2) is 11.5 Å². The highest BCUT2D eigenvalue weighted by atomic mass is 16.3. The van der Waals surface area contributed by atoms with Gasteiger partial charge in [-0.25, -0.2) is 9.78 Å². The molecule has 1 saturated heterocycles. The fourth-order valence-electron chi connectivity index (χ4n) is 3.19. The minimum Gasteiger partial charge on any atom is -0.440 e. The number of para-hydroxylation sites is 2. The van der Waals surface area contributed by atoms with Crippen LogP contribution in [0.2, 0.25) is 0 Å². The summed E-state index contributed by atoms with van der Waals surface area (Å²) >= 11 is 0. The number of nitrogens with one attached hydrogen (secondary N) is 2. The number of aromatic nitrogens is 1. The van der Waals surface area contributed by atoms with Crippen LogP contribution in [-0.2, 0) is 4.79 Å². The number of imide groups is 1. The van der Waals surface area contributed by atoms with E-state index in [1.165, 1.54) is 0 Å². The minimum atomic E-state index is -0.444. The van der Waals surface area contributed by atoms with Gasteiger partial charge >= 0.3 is 6.03 Å². The zero-order valence-electron chi connectivity index (χ0n) is 14.6. The van der Waals surface area contributed by atoms with Gasteiger partial charge in [-0.2, -0.15) is 0 Å². The summed E-state index contributed by atoms with van der Waals surface area (Å²) in [5.41, 5.74) is 1.70. The Labute approximate surface area is 146 Å². The third kappa shape index (κ3) is 3.99. The molecule has 0 spiro atoms. The molecule has 0 bridgehead atoms. The first-order valence-corrected chi connectivity index (χ1v) is 8.76. The molecule has 25 heavy (non-hydrogen) atoms. The number of hydrogen-bond acceptors (Lipinski definition) is 5. The van der Waals surface area contributed by atoms with Crippen molar-refractivity contribution in [3.63, 3.8) is 0 Å². The van der Waals surface area contributed by atoms with Gasteiger partial charge in [-0.1, -0.05) is 12.1 Å². The van der Waals surface area contributed by atoms with Crippen LogP contribution >= 0.6 is 0 Å². The van der Waals surface area contributed by atoms with Gasteiger partial charge in [0, 0.05) is 12.5 Å². The second-order valence-corrected chi connectivity index (χ2v) is 6.35. The smallest absolute Gasteiger partial charge is 0.321 e. The Bertz CT molecular complexity index is 717. The van der Waals surface area contributed by atoms with Gasteiger partial charge in [0.05, 0.1) is 6.04 Å². The molecule has 2 aromatic rings. The Kier molecular flexibility index (Phi) is 5.33. The predicted octanol–water partition coefficient (Wildman–Crippen LogP) is 2.24. The second-order valence-electron chi connectivity index (χ2n) is 6.35. The number of amides is 3. The summed E-state index contributed by atoms with van der Waals surface area (Å²) in [4.78, 5) is 30.3. The van der Waals surface area contributed by atoms with Gasteiger partial charge in [-0.3, -0.25) is 15.0 Å². The lowest BCUT2D eigenvalue weighted by Gasteiger charge is -2.34. The van der Waals surface area contributed by atoms with E-state index in [2.05, 4.69) is 20.5 Å². The van der Waals surface area contributed by atoms with Crippen molar-refractivity contribution in [1.29, 1.82) is 0 Å². The summed E-state index contributed by atoms with van der Waals surface area (Å²) < 4.78 is 5.87. The number of carbonyl (C=O) groups is 2. The van der Waals surface area contributed by atoms with Crippen molar-refractivity contribution in [2.24, 2.45) is 0 Å². The maximum atomic E-state index is 12.2. The molecule has 1 unspecified atom stereocenters. The summed E-state index contributed by atoms with van der Waals surface area (Å²) in [7, 11) is 0. The number of nitrogens with zero attached hydrogens (tertiary/aromatic N) is 2. The van der Waals surface area contributed by atoms with Crippen LogP contribution in [0.5, 0.6) is 0 Å². The van der Waals surface area contributed by atoms with E-state index < -0.39 is 6.03 Å². The van der Waals surface area contributed by atoms with E-state index in [-0.39, 0.29) is 17.9 Å². The molecule has 0 saturated carbocycles. The van der Waals surface area contributed by atoms with Crippen molar-refractivity contribution >= 4 is 23.0 Å². The number of piperidine rings is 1. The summed E-state index contributed by atoms with van der Waals surface area (Å²) in [5.74, 6) is 0.772. The second kappa shape index (κ2) is 7.65. The van der Waals surface area contributed by atoms with Gasteiger partial charge in [-0.15, -0.1) is 0 Å². The summed E-state index contributed by atoms with van der Waals surface area (Å²) in [6, 6.07) is 6.98. The highest BCUT2D eigenvalue weighted by Gasteiger charge is 2.30. The number of fused-ring (bicyclic) bond motifs is 1. The number of rotatable bonds is 4. The van der Waals surface area contributed by atoms with Crippen LogP contribution in [0.3, 0.4) is 0 Å². The van der Waals surface area contributed by atoms with E-state index in [0.717, 1.165) is 42.9 Å². The average molecular weight is 344 g/mol. The quantitative estimate of drug-likeness (QED) is 0.888. The number of urea groups is 1. The topological polar surface area (TPSA) is 87.5 Å². The summed E-state index contributed by atoms with van der Waals surface area (Å²) in [6.07, 6.45) is 1.76. The van der Waals surface area contributed by atoms with E-state index in [9.17, 15) is 9.59 Å². The Morgan fingerprint density at radius 2 is 2.04 bits per heavy atom. The number of likely N-dealkylation sites (tertiary alicyclic amines) is 1. The minimum absolute atomic E-state index is 0.266. The Morgan fingerprint density at radius 1 is 1.32 bits per heavy atom. The van der Waals surface area contributed by atoms with Crippen LogP contribution in [0.25, 0.3) is 11.1 Å². The lowest BCUT2D eigenvalue weighted by atomic mass is 9.95. The normalized spacial score (nSPS) is 17.4. The zero-order valence-corrected chi connectivity index (χ0v) is 14.6. The van der Waals surface area contributed by atoms with Crippen LogP contribution in [-0.4, -0.2) is 47.5 Å². The molecule has 1 aromatic heterocycles. The molecule has 3 amide bonds. The molecule has 1 aliphatic rings. The fourth-order valence-corrected chi connectivity index (χ4v) is 3.19. The molecule has 1 atom stereocenters. The monoisotopic (exact) mass is 344 g/mol. The molecule has 1 fully saturated rings. The standard InChI is InChI=1S/C18H24N4O3/c1-3-19-18(24)21-16(23)12(2)22-10-8-13(9-11-22)17-20-14-6-4-5-7-15(14)25-17/h4-7,12-13H,3,8-11H2,1-2H3,(H2,19,21,23,24). The molecule has 7 heteroatoms. The van der Waals surface area contributed by atoms with Crippen molar-refractivity contribution in [1.82, 2.24) is 20.5 Å². The fraction of sp³-hybridized carbons (Fsp3) is 0.500. The number of carbonyl (C=O) groups excluding carboxylic acids is 2. The number of benzene rings is 1. The molecule has 0 aliphatic carbocycles. The third-order valence-corrected chi connectivity index (χ3v) is 4.69. The molecule has 2 N–H and O–H groups in total. The van der Waals surface area contributed by atoms with Crippen molar-refractivity contribution in [2.45, 2.75) is 38.6 Å². The average Bonchev–Trinajstić information content (AvgIpc) is 3.05. The van der Waals surface area contributed by atoms with Gasteiger partial charge in [-0.05, 0) is 51.9 Å². The van der Waals surface area contributed by atoms with Crippen molar-refractivity contribution in [2.75, 3.05) is 19.6 Å². The van der Waals surface area contributed by atoms with Crippen molar-refractivity contribution in [3.05, 3.63) is 30.2 Å². The van der Waals surface area contributed by atoms with Gasteiger partial charge < -0.3 is 9.73 Å². The molecular weight excluding hydrogens is 320 g/mol. The number of hydrogen-bond donors (Lipinski definition) is 2. The summed E-state index contributed by atoms with van der Waals surface area (Å²) in [5, 5.41) is 4.94. The molecule has 1 aliphatic heterocycles. The first-order chi connectivity index (χ1) is 12.1. The van der Waals surface area contributed by atoms with Crippen LogP contribution in [0.4, 0.5) is 4.79 Å². The van der Waals surface area contributed by atoms with Gasteiger partial charge in [0.2, 0.25) is 5.91 Å². The van der Waals surface area contributed by atoms with Crippen LogP contribution in [0.15, 0.2) is 28.7 Å². The molecule has 3 rings (SSSR count). The highest BCUT2D eigenvalue weighted by molar-refractivity contribution is 5.96. The SMILES string of the molecule is CCNC(=O)NC(=O)C(C)N1CCC(c2nc3ccccc3o2)CC1. The first kappa shape index (κ1) is 17.4. The van der Waals surface area contributed by atoms with Crippen LogP contribution in [0, 0.1) is 0 Å². The molecular formula is C18H24N4O3. The molecule has 134 valence electrons. The lowest BCUT2D eigenvalue weighted by molar-refractivity contribution is -0.125. The molecule has 1 aromatic carbocycles. The molecule has 0 radical (unpaired) electrons. The van der Waals surface area contributed by atoms with Gasteiger partial charge in [0.25, 0.3) is 0 Å². The maximum Gasteiger partial charge on any atom is 0.321 e. The zero-order chi connectivity index (χ0) is 17.8. The number of oxazole rings is 1. The van der Waals surface area contributed by atoms with Gasteiger partial charge in [0.1, 0.15) is 5.52 Å². The molecule has 2 heterocycles. The molecule has 7 nitrogen and oxygen atoms in total. The Morgan fingerprint density at radius 3 is 2.72 bits per heavy atom. The first-order valence-electron chi connectivity index (χ1n) is 8.76. The highest BCUT2D eigenvalue weighted by Crippen LogP contribution is 2.30. The van der Waals surface area contributed by atoms with Crippen LogP contribution < -0.4 is 10.6 Å². The van der Waals surface area contributed by atoms with E-state index in [0.29, 0.717) is 6.54 Å². The third-order valence-electron chi connectivity index (χ3n) is 4.69. The Hall–Kier alpha value is -2.41. The van der Waals surface area contributed by atoms with E-state index in [1.54, 1.807) is 0 Å². The van der Waals surface area contributed by atoms with Crippen molar-refractivity contribution in [3.8, 4) is 0 Å². The summed E-state index contributed by atoms with van der Waals surface area (Å²) in [6.45, 7) is 5.67. The van der Waals surface area contributed by atoms with E-state index in [4.69, 9.17) is 4.42 Å².